The molecule has 5 heteroatoms. The van der Waals surface area contributed by atoms with Crippen LogP contribution in [0.1, 0.15) is 34.1 Å². The summed E-state index contributed by atoms with van der Waals surface area (Å²) in [7, 11) is 1.66. The van der Waals surface area contributed by atoms with Gasteiger partial charge in [0, 0.05) is 7.11 Å². The fourth-order valence-electron chi connectivity index (χ4n) is 1.37. The minimum atomic E-state index is -0.391. The van der Waals surface area contributed by atoms with Crippen molar-refractivity contribution in [2.75, 3.05) is 33.5 Å². The second-order valence-corrected chi connectivity index (χ2v) is 4.95. The van der Waals surface area contributed by atoms with Crippen LogP contribution in [0.5, 0.6) is 0 Å². The van der Waals surface area contributed by atoms with Gasteiger partial charge in [-0.1, -0.05) is 6.92 Å². The van der Waals surface area contributed by atoms with Gasteiger partial charge in [0.25, 0.3) is 0 Å². The smallest absolute Gasteiger partial charge is 0.0781 e. The van der Waals surface area contributed by atoms with Gasteiger partial charge >= 0.3 is 0 Å². The first kappa shape index (κ1) is 18.8. The van der Waals surface area contributed by atoms with Crippen molar-refractivity contribution < 1.29 is 24.1 Å². The molecule has 0 aliphatic carbocycles. The van der Waals surface area contributed by atoms with E-state index < -0.39 is 6.10 Å². The van der Waals surface area contributed by atoms with Gasteiger partial charge < -0.3 is 24.1 Å². The van der Waals surface area contributed by atoms with Crippen molar-refractivity contribution in [3.63, 3.8) is 0 Å². The summed E-state index contributed by atoms with van der Waals surface area (Å²) in [5.74, 6) is 0. The highest BCUT2D eigenvalue weighted by atomic mass is 16.6. The molecule has 0 heterocycles. The first-order valence-corrected chi connectivity index (χ1v) is 7.01. The number of ether oxygens (including phenoxy) is 4. The van der Waals surface area contributed by atoms with E-state index in [0.717, 1.165) is 0 Å². The Morgan fingerprint density at radius 2 is 1.21 bits per heavy atom. The Bertz CT molecular complexity index is 200. The molecule has 0 aliphatic heterocycles. The zero-order valence-electron chi connectivity index (χ0n) is 12.9. The normalized spacial score (nSPS) is 18.0. The average Bonchev–Trinajstić information content (AvgIpc) is 2.40. The summed E-state index contributed by atoms with van der Waals surface area (Å²) in [6, 6.07) is 0. The van der Waals surface area contributed by atoms with Crippen LogP contribution in [-0.2, 0) is 18.9 Å². The topological polar surface area (TPSA) is 57.2 Å². The van der Waals surface area contributed by atoms with Gasteiger partial charge in [-0.25, -0.2) is 0 Å². The SMILES string of the molecule is CCC(O)COC(C)COC(C)COC(C)COC. The lowest BCUT2D eigenvalue weighted by Gasteiger charge is -2.20. The first-order valence-electron chi connectivity index (χ1n) is 7.01. The third kappa shape index (κ3) is 11.3. The van der Waals surface area contributed by atoms with Crippen molar-refractivity contribution in [3.8, 4) is 0 Å². The molecule has 0 rings (SSSR count). The standard InChI is InChI=1S/C14H30O5/c1-6-14(15)10-19-13(4)9-18-12(3)8-17-11(2)7-16-5/h11-15H,6-10H2,1-5H3. The quantitative estimate of drug-likeness (QED) is 0.588. The monoisotopic (exact) mass is 278 g/mol. The molecule has 0 saturated carbocycles. The maximum absolute atomic E-state index is 9.38. The highest BCUT2D eigenvalue weighted by Gasteiger charge is 2.10. The molecule has 19 heavy (non-hydrogen) atoms. The van der Waals surface area contributed by atoms with Gasteiger partial charge in [0.15, 0.2) is 0 Å². The largest absolute Gasteiger partial charge is 0.391 e. The van der Waals surface area contributed by atoms with Crippen molar-refractivity contribution in [2.24, 2.45) is 0 Å². The molecule has 0 aliphatic rings. The minimum Gasteiger partial charge on any atom is -0.391 e. The molecule has 0 amide bonds. The predicted octanol–water partition coefficient (Wildman–Crippen LogP) is 1.62. The van der Waals surface area contributed by atoms with Crippen LogP contribution in [0.4, 0.5) is 0 Å². The van der Waals surface area contributed by atoms with E-state index in [1.54, 1.807) is 7.11 Å². The summed E-state index contributed by atoms with van der Waals surface area (Å²) in [6.07, 6.45) is 0.374. The van der Waals surface area contributed by atoms with Crippen LogP contribution in [0.3, 0.4) is 0 Å². The zero-order valence-corrected chi connectivity index (χ0v) is 12.9. The first-order chi connectivity index (χ1) is 8.99. The lowest BCUT2D eigenvalue weighted by atomic mass is 10.3. The molecule has 0 radical (unpaired) electrons. The van der Waals surface area contributed by atoms with Gasteiger partial charge in [-0.15, -0.1) is 0 Å². The van der Waals surface area contributed by atoms with E-state index in [2.05, 4.69) is 0 Å². The van der Waals surface area contributed by atoms with E-state index >= 15 is 0 Å². The predicted molar refractivity (Wildman–Crippen MR) is 74.4 cm³/mol. The Hall–Kier alpha value is -0.200. The van der Waals surface area contributed by atoms with Gasteiger partial charge in [0.2, 0.25) is 0 Å². The third-order valence-electron chi connectivity index (χ3n) is 2.68. The molecule has 1 N–H and O–H groups in total. The van der Waals surface area contributed by atoms with E-state index in [1.807, 2.05) is 27.7 Å². The van der Waals surface area contributed by atoms with Gasteiger partial charge in [0.1, 0.15) is 0 Å². The van der Waals surface area contributed by atoms with Crippen LogP contribution in [0.25, 0.3) is 0 Å². The van der Waals surface area contributed by atoms with Gasteiger partial charge in [0.05, 0.1) is 50.8 Å². The lowest BCUT2D eigenvalue weighted by molar-refractivity contribution is -0.0858. The second-order valence-electron chi connectivity index (χ2n) is 4.95. The molecule has 0 fully saturated rings. The molecule has 0 spiro atoms. The number of hydrogen-bond donors (Lipinski definition) is 1. The van der Waals surface area contributed by atoms with Crippen LogP contribution < -0.4 is 0 Å². The number of hydrogen-bond acceptors (Lipinski definition) is 5. The van der Waals surface area contributed by atoms with Crippen molar-refractivity contribution in [1.29, 1.82) is 0 Å². The van der Waals surface area contributed by atoms with Crippen LogP contribution in [0.2, 0.25) is 0 Å². The summed E-state index contributed by atoms with van der Waals surface area (Å²) in [6.45, 7) is 9.77. The maximum atomic E-state index is 9.38. The molecule has 0 saturated heterocycles. The number of aliphatic hydroxyl groups excluding tert-OH is 1. The highest BCUT2D eigenvalue weighted by Crippen LogP contribution is 2.01. The number of methoxy groups -OCH3 is 1. The summed E-state index contributed by atoms with van der Waals surface area (Å²) < 4.78 is 21.6. The third-order valence-corrected chi connectivity index (χ3v) is 2.68. The Balaban J connectivity index is 3.57. The Kier molecular flexibility index (Phi) is 11.5. The van der Waals surface area contributed by atoms with E-state index in [4.69, 9.17) is 18.9 Å². The van der Waals surface area contributed by atoms with Crippen LogP contribution in [-0.4, -0.2) is 63.1 Å². The molecule has 4 unspecified atom stereocenters. The molecule has 0 bridgehead atoms. The van der Waals surface area contributed by atoms with Crippen molar-refractivity contribution in [2.45, 2.75) is 58.5 Å². The zero-order chi connectivity index (χ0) is 14.7. The maximum Gasteiger partial charge on any atom is 0.0781 e. The van der Waals surface area contributed by atoms with Crippen LogP contribution in [0.15, 0.2) is 0 Å². The summed E-state index contributed by atoms with van der Waals surface area (Å²) >= 11 is 0. The van der Waals surface area contributed by atoms with Crippen LogP contribution >= 0.6 is 0 Å². The molecule has 0 aromatic carbocycles. The van der Waals surface area contributed by atoms with Crippen molar-refractivity contribution >= 4 is 0 Å². The molecule has 116 valence electrons. The van der Waals surface area contributed by atoms with Crippen molar-refractivity contribution in [3.05, 3.63) is 0 Å². The van der Waals surface area contributed by atoms with Crippen molar-refractivity contribution in [1.82, 2.24) is 0 Å². The Morgan fingerprint density at radius 1 is 0.789 bits per heavy atom. The fraction of sp³-hybridized carbons (Fsp3) is 1.00. The molecular weight excluding hydrogens is 248 g/mol. The van der Waals surface area contributed by atoms with E-state index in [-0.39, 0.29) is 18.3 Å². The molecular formula is C14H30O5. The fourth-order valence-corrected chi connectivity index (χ4v) is 1.37. The Morgan fingerprint density at radius 3 is 1.63 bits per heavy atom. The average molecular weight is 278 g/mol. The molecule has 5 nitrogen and oxygen atoms in total. The lowest BCUT2D eigenvalue weighted by Crippen LogP contribution is -2.28. The van der Waals surface area contributed by atoms with E-state index in [0.29, 0.717) is 32.8 Å². The van der Waals surface area contributed by atoms with E-state index in [1.165, 1.54) is 0 Å². The summed E-state index contributed by atoms with van der Waals surface area (Å²) in [5.41, 5.74) is 0. The van der Waals surface area contributed by atoms with Gasteiger partial charge in [-0.3, -0.25) is 0 Å². The van der Waals surface area contributed by atoms with Gasteiger partial charge in [-0.05, 0) is 27.2 Å². The number of rotatable bonds is 12. The van der Waals surface area contributed by atoms with Gasteiger partial charge in [-0.2, -0.15) is 0 Å². The summed E-state index contributed by atoms with van der Waals surface area (Å²) in [4.78, 5) is 0. The van der Waals surface area contributed by atoms with Crippen LogP contribution in [0, 0.1) is 0 Å². The summed E-state index contributed by atoms with van der Waals surface area (Å²) in [5, 5.41) is 9.38. The minimum absolute atomic E-state index is 0.0152. The second kappa shape index (κ2) is 11.6. The molecule has 0 aromatic rings. The molecule has 0 aromatic heterocycles. The van der Waals surface area contributed by atoms with E-state index in [9.17, 15) is 5.11 Å². The molecule has 4 atom stereocenters. The Labute approximate surface area is 117 Å². The highest BCUT2D eigenvalue weighted by molar-refractivity contribution is 4.56. The number of aliphatic hydroxyl groups is 1.